The maximum atomic E-state index is 12.2. The summed E-state index contributed by atoms with van der Waals surface area (Å²) in [5, 5.41) is 3.41. The number of carbonyl (C=O) groups excluding carboxylic acids is 2. The van der Waals surface area contributed by atoms with Crippen LogP contribution in [0.1, 0.15) is 53.9 Å². The lowest BCUT2D eigenvalue weighted by Crippen LogP contribution is -2.35. The zero-order valence-corrected chi connectivity index (χ0v) is 13.3. The molecule has 116 valence electrons. The van der Waals surface area contributed by atoms with Crippen LogP contribution in [0.5, 0.6) is 0 Å². The minimum absolute atomic E-state index is 0.234. The van der Waals surface area contributed by atoms with Crippen LogP contribution in [0.25, 0.3) is 0 Å². The van der Waals surface area contributed by atoms with Crippen LogP contribution in [0.15, 0.2) is 0 Å². The third kappa shape index (κ3) is 3.44. The van der Waals surface area contributed by atoms with E-state index in [4.69, 9.17) is 10.5 Å². The van der Waals surface area contributed by atoms with Gasteiger partial charge < -0.3 is 15.8 Å². The fraction of sp³-hybridized carbons (Fsp3) is 0.600. The molecule has 1 aliphatic rings. The summed E-state index contributed by atoms with van der Waals surface area (Å²) in [5.41, 5.74) is 7.40. The number of anilines is 1. The van der Waals surface area contributed by atoms with Gasteiger partial charge in [-0.15, -0.1) is 11.3 Å². The number of hydrogen-bond donors (Lipinski definition) is 2. The first kappa shape index (κ1) is 16.0. The minimum Gasteiger partial charge on any atom is -0.462 e. The maximum Gasteiger partial charge on any atom is 0.341 e. The summed E-state index contributed by atoms with van der Waals surface area (Å²) in [6.45, 7) is 4.09. The van der Waals surface area contributed by atoms with Gasteiger partial charge in [-0.2, -0.15) is 0 Å². The molecule has 1 heterocycles. The molecule has 1 amide bonds. The average Bonchev–Trinajstić information content (AvgIpc) is 2.99. The van der Waals surface area contributed by atoms with Crippen LogP contribution in [0.3, 0.4) is 0 Å². The van der Waals surface area contributed by atoms with E-state index in [-0.39, 0.29) is 11.9 Å². The van der Waals surface area contributed by atoms with Crippen LogP contribution in [-0.4, -0.2) is 24.5 Å². The molecule has 0 radical (unpaired) electrons. The summed E-state index contributed by atoms with van der Waals surface area (Å²) >= 11 is 1.48. The molecule has 0 spiro atoms. The zero-order chi connectivity index (χ0) is 15.4. The van der Waals surface area contributed by atoms with Crippen LogP contribution in [0.2, 0.25) is 0 Å². The zero-order valence-electron chi connectivity index (χ0n) is 12.5. The number of nitrogens with one attached hydrogen (secondary N) is 1. The molecule has 1 atom stereocenters. The lowest BCUT2D eigenvalue weighted by molar-refractivity contribution is -0.117. The molecular weight excluding hydrogens is 288 g/mol. The number of carbonyl (C=O) groups is 2. The number of ether oxygens (including phenoxy) is 1. The Kier molecular flexibility index (Phi) is 5.36. The second-order valence-corrected chi connectivity index (χ2v) is 6.27. The van der Waals surface area contributed by atoms with Gasteiger partial charge in [0, 0.05) is 4.88 Å². The fourth-order valence-electron chi connectivity index (χ4n) is 2.56. The van der Waals surface area contributed by atoms with Gasteiger partial charge in [-0.3, -0.25) is 4.79 Å². The predicted molar refractivity (Wildman–Crippen MR) is 83.8 cm³/mol. The normalized spacial score (nSPS) is 14.6. The van der Waals surface area contributed by atoms with Crippen molar-refractivity contribution >= 4 is 28.2 Å². The molecule has 0 aliphatic heterocycles. The van der Waals surface area contributed by atoms with Gasteiger partial charge in [-0.1, -0.05) is 13.3 Å². The summed E-state index contributed by atoms with van der Waals surface area (Å²) in [7, 11) is 0. The van der Waals surface area contributed by atoms with E-state index in [0.29, 0.717) is 23.6 Å². The molecule has 2 rings (SSSR count). The molecule has 0 saturated carbocycles. The van der Waals surface area contributed by atoms with Gasteiger partial charge in [0.05, 0.1) is 18.2 Å². The minimum atomic E-state index is -0.540. The molecule has 6 heteroatoms. The molecular formula is C15H22N2O3S. The number of rotatable bonds is 6. The van der Waals surface area contributed by atoms with Crippen LogP contribution in [-0.2, 0) is 22.4 Å². The predicted octanol–water partition coefficient (Wildman–Crippen LogP) is 2.48. The Morgan fingerprint density at radius 3 is 2.81 bits per heavy atom. The van der Waals surface area contributed by atoms with E-state index in [1.54, 1.807) is 6.92 Å². The highest BCUT2D eigenvalue weighted by atomic mass is 32.1. The van der Waals surface area contributed by atoms with Gasteiger partial charge >= 0.3 is 5.97 Å². The van der Waals surface area contributed by atoms with Crippen molar-refractivity contribution in [2.45, 2.75) is 52.0 Å². The van der Waals surface area contributed by atoms with Gasteiger partial charge in [0.1, 0.15) is 5.00 Å². The molecule has 0 aromatic carbocycles. The van der Waals surface area contributed by atoms with Gasteiger partial charge in [-0.05, 0) is 38.2 Å². The Labute approximate surface area is 128 Å². The highest BCUT2D eigenvalue weighted by Crippen LogP contribution is 2.39. The van der Waals surface area contributed by atoms with Crippen molar-refractivity contribution in [2.75, 3.05) is 11.9 Å². The van der Waals surface area contributed by atoms with Crippen molar-refractivity contribution in [1.82, 2.24) is 0 Å². The summed E-state index contributed by atoms with van der Waals surface area (Å²) < 4.78 is 5.13. The molecule has 3 N–H and O–H groups in total. The number of thiophene rings is 1. The largest absolute Gasteiger partial charge is 0.462 e. The Morgan fingerprint density at radius 1 is 1.38 bits per heavy atom. The molecule has 21 heavy (non-hydrogen) atoms. The van der Waals surface area contributed by atoms with E-state index in [1.807, 2.05) is 6.92 Å². The monoisotopic (exact) mass is 310 g/mol. The summed E-state index contributed by atoms with van der Waals surface area (Å²) in [5.74, 6) is -0.585. The first-order valence-corrected chi connectivity index (χ1v) is 8.28. The van der Waals surface area contributed by atoms with Gasteiger partial charge in [-0.25, -0.2) is 4.79 Å². The first-order valence-electron chi connectivity index (χ1n) is 7.46. The number of esters is 1. The molecule has 1 aliphatic carbocycles. The van der Waals surface area contributed by atoms with Crippen molar-refractivity contribution in [2.24, 2.45) is 5.73 Å². The van der Waals surface area contributed by atoms with E-state index in [1.165, 1.54) is 16.2 Å². The third-order valence-electron chi connectivity index (χ3n) is 3.57. The smallest absolute Gasteiger partial charge is 0.341 e. The number of hydrogen-bond acceptors (Lipinski definition) is 5. The summed E-state index contributed by atoms with van der Waals surface area (Å²) in [6.07, 6.45) is 4.36. The van der Waals surface area contributed by atoms with E-state index in [2.05, 4.69) is 5.32 Å². The second kappa shape index (κ2) is 7.04. The van der Waals surface area contributed by atoms with Gasteiger partial charge in [0.15, 0.2) is 0 Å². The fourth-order valence-corrected chi connectivity index (χ4v) is 3.84. The van der Waals surface area contributed by atoms with Crippen molar-refractivity contribution in [3.63, 3.8) is 0 Å². The Balaban J connectivity index is 2.23. The topological polar surface area (TPSA) is 81.4 Å². The molecule has 0 bridgehead atoms. The lowest BCUT2D eigenvalue weighted by Gasteiger charge is -2.12. The van der Waals surface area contributed by atoms with E-state index >= 15 is 0 Å². The van der Waals surface area contributed by atoms with Crippen molar-refractivity contribution in [3.05, 3.63) is 16.0 Å². The number of amides is 1. The summed E-state index contributed by atoms with van der Waals surface area (Å²) in [4.78, 5) is 25.4. The molecule has 0 unspecified atom stereocenters. The van der Waals surface area contributed by atoms with E-state index in [9.17, 15) is 9.59 Å². The number of aryl methyl sites for hydroxylation is 1. The number of nitrogens with two attached hydrogens (primary N) is 1. The van der Waals surface area contributed by atoms with Crippen molar-refractivity contribution < 1.29 is 14.3 Å². The SMILES string of the molecule is CCC[C@H](N)C(=O)Nc1sc2c(c1C(=O)OCC)CCC2. The first-order chi connectivity index (χ1) is 10.1. The highest BCUT2D eigenvalue weighted by molar-refractivity contribution is 7.17. The average molecular weight is 310 g/mol. The number of fused-ring (bicyclic) bond motifs is 1. The highest BCUT2D eigenvalue weighted by Gasteiger charge is 2.28. The van der Waals surface area contributed by atoms with E-state index < -0.39 is 6.04 Å². The molecule has 1 aromatic heterocycles. The van der Waals surface area contributed by atoms with Crippen LogP contribution in [0, 0.1) is 0 Å². The Hall–Kier alpha value is -1.40. The van der Waals surface area contributed by atoms with E-state index in [0.717, 1.165) is 31.2 Å². The van der Waals surface area contributed by atoms with Crippen molar-refractivity contribution in [3.8, 4) is 0 Å². The maximum absolute atomic E-state index is 12.2. The van der Waals surface area contributed by atoms with Crippen LogP contribution >= 0.6 is 11.3 Å². The van der Waals surface area contributed by atoms with Gasteiger partial charge in [0.25, 0.3) is 0 Å². The van der Waals surface area contributed by atoms with Crippen LogP contribution in [0.4, 0.5) is 5.00 Å². The van der Waals surface area contributed by atoms with Gasteiger partial charge in [0.2, 0.25) is 5.91 Å². The van der Waals surface area contributed by atoms with Crippen LogP contribution < -0.4 is 11.1 Å². The standard InChI is InChI=1S/C15H22N2O3S/c1-3-6-10(16)13(18)17-14-12(15(19)20-4-2)9-7-5-8-11(9)21-14/h10H,3-8,16H2,1-2H3,(H,17,18)/t10-/m0/s1. The molecule has 1 aromatic rings. The third-order valence-corrected chi connectivity index (χ3v) is 4.78. The molecule has 5 nitrogen and oxygen atoms in total. The van der Waals surface area contributed by atoms with Crippen molar-refractivity contribution in [1.29, 1.82) is 0 Å². The Bertz CT molecular complexity index is 539. The molecule has 0 fully saturated rings. The lowest BCUT2D eigenvalue weighted by atomic mass is 10.1. The molecule has 0 saturated heterocycles. The Morgan fingerprint density at radius 2 is 2.14 bits per heavy atom. The second-order valence-electron chi connectivity index (χ2n) is 5.17. The summed E-state index contributed by atoms with van der Waals surface area (Å²) in [6, 6.07) is -0.540. The quantitative estimate of drug-likeness (QED) is 0.791.